The van der Waals surface area contributed by atoms with Crippen molar-refractivity contribution < 1.29 is 13.9 Å². The molecule has 6 heteroatoms. The van der Waals surface area contributed by atoms with Gasteiger partial charge in [0.15, 0.2) is 0 Å². The topological polar surface area (TPSA) is 55.1 Å². The van der Waals surface area contributed by atoms with Gasteiger partial charge in [-0.1, -0.05) is 72.3 Å². The molecular formula is C33H28F2N2O2. The van der Waals surface area contributed by atoms with Gasteiger partial charge in [0.2, 0.25) is 0 Å². The molecule has 1 aromatic heterocycles. The van der Waals surface area contributed by atoms with Crippen molar-refractivity contribution in [1.82, 2.24) is 9.78 Å². The maximum atomic E-state index is 14.5. The minimum absolute atomic E-state index is 0.00299. The van der Waals surface area contributed by atoms with E-state index in [9.17, 15) is 18.7 Å². The van der Waals surface area contributed by atoms with E-state index in [2.05, 4.69) is 5.10 Å². The van der Waals surface area contributed by atoms with Gasteiger partial charge in [-0.25, -0.2) is 13.5 Å². The molecule has 4 nitrogen and oxygen atoms in total. The number of benzene rings is 4. The van der Waals surface area contributed by atoms with Crippen molar-refractivity contribution in [2.75, 3.05) is 0 Å². The van der Waals surface area contributed by atoms with E-state index in [1.165, 1.54) is 28.9 Å². The molecule has 0 bridgehead atoms. The average molecular weight is 523 g/mol. The number of aryl methyl sites for hydroxylation is 2. The molecule has 1 N–H and O–H groups in total. The lowest BCUT2D eigenvalue weighted by Gasteiger charge is -2.24. The minimum atomic E-state index is -0.643. The zero-order valence-electron chi connectivity index (χ0n) is 21.7. The standard InChI is InChI=1S/C33H28F2N2O2/c1-21-8-5-10-24(16-21)20-37-33(39)32(31(22(2)36-37)28-14-3-4-15-30(28)38)29(25-11-7-13-27(35)19-25)18-23-9-6-12-26(34)17-23/h3-17,19,29,38H,18,20H2,1-2H3. The largest absolute Gasteiger partial charge is 0.507 e. The molecule has 0 aliphatic rings. The Morgan fingerprint density at radius 3 is 2.23 bits per heavy atom. The first-order chi connectivity index (χ1) is 18.8. The molecule has 0 saturated heterocycles. The van der Waals surface area contributed by atoms with Crippen LogP contribution in [0.15, 0.2) is 102 Å². The second kappa shape index (κ2) is 11.0. The molecule has 5 aromatic rings. The molecule has 0 amide bonds. The van der Waals surface area contributed by atoms with Gasteiger partial charge in [-0.05, 0) is 67.3 Å². The molecule has 0 spiro atoms. The van der Waals surface area contributed by atoms with E-state index in [0.29, 0.717) is 33.5 Å². The molecule has 0 fully saturated rings. The highest BCUT2D eigenvalue weighted by Gasteiger charge is 2.28. The molecule has 39 heavy (non-hydrogen) atoms. The van der Waals surface area contributed by atoms with Gasteiger partial charge in [0, 0.05) is 22.6 Å². The van der Waals surface area contributed by atoms with E-state index in [1.54, 1.807) is 55.5 Å². The number of para-hydroxylation sites is 1. The minimum Gasteiger partial charge on any atom is -0.507 e. The summed E-state index contributed by atoms with van der Waals surface area (Å²) < 4.78 is 30.1. The second-order valence-corrected chi connectivity index (χ2v) is 9.78. The van der Waals surface area contributed by atoms with Crippen LogP contribution in [0.1, 0.15) is 39.4 Å². The van der Waals surface area contributed by atoms with Gasteiger partial charge >= 0.3 is 0 Å². The fourth-order valence-corrected chi connectivity index (χ4v) is 5.17. The third kappa shape index (κ3) is 5.65. The molecule has 0 aliphatic heterocycles. The first kappa shape index (κ1) is 26.0. The van der Waals surface area contributed by atoms with Crippen LogP contribution in [0.2, 0.25) is 0 Å². The van der Waals surface area contributed by atoms with Crippen LogP contribution < -0.4 is 5.56 Å². The van der Waals surface area contributed by atoms with E-state index < -0.39 is 17.6 Å². The van der Waals surface area contributed by atoms with Gasteiger partial charge in [0.25, 0.3) is 5.56 Å². The number of hydrogen-bond donors (Lipinski definition) is 1. The number of nitrogens with zero attached hydrogens (tertiary/aromatic N) is 2. The number of aromatic hydroxyl groups is 1. The van der Waals surface area contributed by atoms with Crippen LogP contribution in [-0.4, -0.2) is 14.9 Å². The monoisotopic (exact) mass is 522 g/mol. The third-order valence-corrected chi connectivity index (χ3v) is 6.88. The van der Waals surface area contributed by atoms with E-state index in [0.717, 1.165) is 11.1 Å². The van der Waals surface area contributed by atoms with Gasteiger partial charge < -0.3 is 5.11 Å². The maximum Gasteiger partial charge on any atom is 0.271 e. The second-order valence-electron chi connectivity index (χ2n) is 9.78. The molecule has 5 rings (SSSR count). The zero-order chi connectivity index (χ0) is 27.5. The van der Waals surface area contributed by atoms with Crippen molar-refractivity contribution in [2.45, 2.75) is 32.7 Å². The summed E-state index contributed by atoms with van der Waals surface area (Å²) in [6.45, 7) is 4.02. The lowest BCUT2D eigenvalue weighted by atomic mass is 9.82. The highest BCUT2D eigenvalue weighted by molar-refractivity contribution is 5.75. The highest BCUT2D eigenvalue weighted by atomic mass is 19.1. The molecule has 4 aromatic carbocycles. The maximum absolute atomic E-state index is 14.5. The number of rotatable bonds is 7. The van der Waals surface area contributed by atoms with Crippen LogP contribution in [0, 0.1) is 25.5 Å². The Balaban J connectivity index is 1.79. The normalized spacial score (nSPS) is 11.9. The number of phenols is 1. The summed E-state index contributed by atoms with van der Waals surface area (Å²) in [5.41, 5.74) is 4.70. The first-order valence-electron chi connectivity index (χ1n) is 12.8. The molecule has 196 valence electrons. The molecular weight excluding hydrogens is 494 g/mol. The van der Waals surface area contributed by atoms with Gasteiger partial charge in [-0.2, -0.15) is 5.10 Å². The van der Waals surface area contributed by atoms with Crippen molar-refractivity contribution in [2.24, 2.45) is 0 Å². The van der Waals surface area contributed by atoms with Crippen LogP contribution >= 0.6 is 0 Å². The van der Waals surface area contributed by atoms with E-state index >= 15 is 0 Å². The van der Waals surface area contributed by atoms with Crippen LogP contribution in [0.4, 0.5) is 8.78 Å². The van der Waals surface area contributed by atoms with E-state index in [1.807, 2.05) is 31.2 Å². The number of aromatic nitrogens is 2. The van der Waals surface area contributed by atoms with Crippen molar-refractivity contribution in [3.8, 4) is 16.9 Å². The molecule has 1 atom stereocenters. The fourth-order valence-electron chi connectivity index (χ4n) is 5.17. The zero-order valence-corrected chi connectivity index (χ0v) is 21.7. The predicted octanol–water partition coefficient (Wildman–Crippen LogP) is 6.93. The summed E-state index contributed by atoms with van der Waals surface area (Å²) in [6.07, 6.45) is 0.241. The van der Waals surface area contributed by atoms with Crippen LogP contribution in [0.5, 0.6) is 5.75 Å². The Kier molecular flexibility index (Phi) is 7.37. The summed E-state index contributed by atoms with van der Waals surface area (Å²) in [5, 5.41) is 15.5. The van der Waals surface area contributed by atoms with Gasteiger partial charge in [0.05, 0.1) is 12.2 Å². The van der Waals surface area contributed by atoms with Gasteiger partial charge in [-0.15, -0.1) is 0 Å². The first-order valence-corrected chi connectivity index (χ1v) is 12.8. The summed E-state index contributed by atoms with van der Waals surface area (Å²) in [7, 11) is 0. The van der Waals surface area contributed by atoms with E-state index in [-0.39, 0.29) is 24.3 Å². The van der Waals surface area contributed by atoms with Crippen molar-refractivity contribution in [1.29, 1.82) is 0 Å². The number of halogens is 2. The molecule has 0 saturated carbocycles. The molecule has 0 aliphatic carbocycles. The number of hydrogen-bond acceptors (Lipinski definition) is 3. The Hall–Kier alpha value is -4.58. The van der Waals surface area contributed by atoms with Crippen molar-refractivity contribution in [3.05, 3.63) is 153 Å². The van der Waals surface area contributed by atoms with Crippen molar-refractivity contribution >= 4 is 0 Å². The van der Waals surface area contributed by atoms with Crippen LogP contribution in [0.3, 0.4) is 0 Å². The predicted molar refractivity (Wildman–Crippen MR) is 149 cm³/mol. The summed E-state index contributed by atoms with van der Waals surface area (Å²) >= 11 is 0. The quantitative estimate of drug-likeness (QED) is 0.252. The summed E-state index contributed by atoms with van der Waals surface area (Å²) in [5.74, 6) is -1.47. The Morgan fingerprint density at radius 1 is 0.821 bits per heavy atom. The smallest absolute Gasteiger partial charge is 0.271 e. The van der Waals surface area contributed by atoms with Crippen LogP contribution in [0.25, 0.3) is 11.1 Å². The number of phenolic OH excluding ortho intramolecular Hbond substituents is 1. The Labute approximate surface area is 225 Å². The highest BCUT2D eigenvalue weighted by Crippen LogP contribution is 2.38. The van der Waals surface area contributed by atoms with E-state index in [4.69, 9.17) is 0 Å². The molecule has 1 unspecified atom stereocenters. The van der Waals surface area contributed by atoms with Crippen molar-refractivity contribution in [3.63, 3.8) is 0 Å². The fraction of sp³-hybridized carbons (Fsp3) is 0.152. The Bertz CT molecular complexity index is 1710. The Morgan fingerprint density at radius 2 is 1.51 bits per heavy atom. The molecule has 0 radical (unpaired) electrons. The SMILES string of the molecule is Cc1cccc(Cn2nc(C)c(-c3ccccc3O)c(C(Cc3cccc(F)c3)c3cccc(F)c3)c2=O)c1. The summed E-state index contributed by atoms with van der Waals surface area (Å²) in [4.78, 5) is 14.3. The van der Waals surface area contributed by atoms with Crippen LogP contribution in [-0.2, 0) is 13.0 Å². The van der Waals surface area contributed by atoms with Gasteiger partial charge in [0.1, 0.15) is 17.4 Å². The lowest BCUT2D eigenvalue weighted by Crippen LogP contribution is -2.31. The third-order valence-electron chi connectivity index (χ3n) is 6.88. The molecule has 1 heterocycles. The lowest BCUT2D eigenvalue weighted by molar-refractivity contribution is 0.477. The van der Waals surface area contributed by atoms with Gasteiger partial charge in [-0.3, -0.25) is 4.79 Å². The average Bonchev–Trinajstić information content (AvgIpc) is 2.90. The summed E-state index contributed by atoms with van der Waals surface area (Å²) in [6, 6.07) is 26.9.